The van der Waals surface area contributed by atoms with Crippen molar-refractivity contribution in [3.05, 3.63) is 146 Å². The van der Waals surface area contributed by atoms with E-state index in [1.165, 1.54) is 83.5 Å². The number of nitrogens with zero attached hydrogens (tertiary/aromatic N) is 1. The Labute approximate surface area is 542 Å². The van der Waals surface area contributed by atoms with Crippen molar-refractivity contribution in [2.75, 3.05) is 40.9 Å². The summed E-state index contributed by atoms with van der Waals surface area (Å²) in [5.74, 6) is -0.571. The molecule has 88 heavy (non-hydrogen) atoms. The first kappa shape index (κ1) is 83.9. The van der Waals surface area contributed by atoms with E-state index in [9.17, 15) is 19.0 Å². The van der Waals surface area contributed by atoms with Crippen LogP contribution in [0.25, 0.3) is 0 Å². The lowest BCUT2D eigenvalue weighted by atomic mass is 10.0. The fraction of sp³-hybridized carbons (Fsp3) is 0.667. The summed E-state index contributed by atoms with van der Waals surface area (Å²) in [7, 11) is 1.15. The number of phosphoric ester groups is 1. The topological polar surface area (TPSA) is 114 Å². The number of carbonyl (C=O) groups excluding carboxylic acids is 2. The minimum absolute atomic E-state index is 0.0343. The number of hydrogen-bond donors (Lipinski definition) is 1. The third-order valence-corrected chi connectivity index (χ3v) is 16.0. The van der Waals surface area contributed by atoms with Gasteiger partial charge in [-0.1, -0.05) is 289 Å². The average Bonchev–Trinajstić information content (AvgIpc) is 3.71. The van der Waals surface area contributed by atoms with Gasteiger partial charge in [-0.3, -0.25) is 14.2 Å². The lowest BCUT2D eigenvalue weighted by Crippen LogP contribution is -2.47. The fourth-order valence-electron chi connectivity index (χ4n) is 9.61. The Bertz CT molecular complexity index is 2020. The highest BCUT2D eigenvalue weighted by Gasteiger charge is 2.27. The monoisotopic (exact) mass is 1240 g/mol. The Morgan fingerprint density at radius 1 is 0.409 bits per heavy atom. The zero-order valence-electron chi connectivity index (χ0n) is 57.4. The van der Waals surface area contributed by atoms with Gasteiger partial charge >= 0.3 is 5.97 Å². The molecule has 0 fully saturated rings. The lowest BCUT2D eigenvalue weighted by Gasteiger charge is -2.30. The summed E-state index contributed by atoms with van der Waals surface area (Å²) in [6, 6.07) is -0.911. The van der Waals surface area contributed by atoms with E-state index in [-0.39, 0.29) is 31.3 Å². The van der Waals surface area contributed by atoms with Gasteiger partial charge in [-0.05, 0) is 128 Å². The molecule has 0 aromatic rings. The molecule has 0 radical (unpaired) electrons. The number of esters is 1. The van der Waals surface area contributed by atoms with Gasteiger partial charge in [0, 0.05) is 12.8 Å². The molecule has 1 N–H and O–H groups in total. The zero-order chi connectivity index (χ0) is 64.2. The van der Waals surface area contributed by atoms with Crippen molar-refractivity contribution in [2.45, 2.75) is 296 Å². The van der Waals surface area contributed by atoms with Gasteiger partial charge in [0.15, 0.2) is 0 Å². The van der Waals surface area contributed by atoms with Crippen molar-refractivity contribution in [2.24, 2.45) is 0 Å². The Kier molecular flexibility index (Phi) is 62.8. The Morgan fingerprint density at radius 3 is 1.09 bits per heavy atom. The Hall–Kier alpha value is -4.11. The van der Waals surface area contributed by atoms with Crippen molar-refractivity contribution < 1.29 is 37.3 Å². The molecule has 0 aromatic heterocycles. The number of rotatable bonds is 63. The number of carbonyl (C=O) groups is 2. The summed E-state index contributed by atoms with van der Waals surface area (Å²) in [4.78, 5) is 40.2. The molecule has 0 bridgehead atoms. The minimum atomic E-state index is -4.72. The number of nitrogens with one attached hydrogen (secondary N) is 1. The highest BCUT2D eigenvalue weighted by atomic mass is 31.2. The van der Waals surface area contributed by atoms with Crippen molar-refractivity contribution in [1.82, 2.24) is 5.32 Å². The zero-order valence-corrected chi connectivity index (χ0v) is 58.3. The van der Waals surface area contributed by atoms with Crippen LogP contribution < -0.4 is 10.2 Å². The van der Waals surface area contributed by atoms with Crippen LogP contribution >= 0.6 is 7.82 Å². The molecule has 0 heterocycles. The second kappa shape index (κ2) is 65.8. The molecule has 0 aliphatic heterocycles. The summed E-state index contributed by atoms with van der Waals surface area (Å²) in [5, 5.41) is 3.03. The van der Waals surface area contributed by atoms with Gasteiger partial charge in [-0.2, -0.15) is 0 Å². The van der Waals surface area contributed by atoms with E-state index in [0.29, 0.717) is 23.9 Å². The van der Waals surface area contributed by atoms with E-state index in [1.54, 1.807) is 0 Å². The van der Waals surface area contributed by atoms with Gasteiger partial charge in [-0.15, -0.1) is 0 Å². The van der Waals surface area contributed by atoms with Crippen molar-refractivity contribution >= 4 is 19.7 Å². The third-order valence-electron chi connectivity index (χ3n) is 15.0. The van der Waals surface area contributed by atoms with E-state index < -0.39 is 26.6 Å². The van der Waals surface area contributed by atoms with Crippen LogP contribution in [0.2, 0.25) is 0 Å². The highest BCUT2D eigenvalue weighted by Crippen LogP contribution is 2.38. The molecule has 3 atom stereocenters. The van der Waals surface area contributed by atoms with Crippen molar-refractivity contribution in [3.8, 4) is 0 Å². The predicted octanol–water partition coefficient (Wildman–Crippen LogP) is 22.3. The van der Waals surface area contributed by atoms with Crippen LogP contribution in [0.1, 0.15) is 284 Å². The molecule has 3 unspecified atom stereocenters. The minimum Gasteiger partial charge on any atom is -0.756 e. The highest BCUT2D eigenvalue weighted by molar-refractivity contribution is 7.45. The summed E-state index contributed by atoms with van der Waals surface area (Å²) in [6.45, 7) is 6.60. The molecule has 0 aromatic carbocycles. The van der Waals surface area contributed by atoms with Gasteiger partial charge < -0.3 is 28.5 Å². The quantitative estimate of drug-likeness (QED) is 0.0212. The Morgan fingerprint density at radius 2 is 0.727 bits per heavy atom. The van der Waals surface area contributed by atoms with Crippen LogP contribution in [-0.2, 0) is 27.9 Å². The van der Waals surface area contributed by atoms with Crippen LogP contribution in [0.3, 0.4) is 0 Å². The standard InChI is InChI=1S/C78H133N2O7P/c1-7-10-13-16-19-22-25-28-30-32-34-36-38-40-42-44-46-48-50-52-55-58-61-64-67-70-77(81)79-75(74-86-88(83,84)85-73-72-80(4,5)6)76(69-66-63-60-57-54-27-24-21-18-15-12-9-3)87-78(82)71-68-65-62-59-56-53-51-49-47-45-43-41-39-37-35-33-31-29-26-23-20-17-14-11-8-2/h10-11,13-14,19-20,22-23,28-31,34-37,40-43,46,48,66,69,75-76H,7-9,12,15-18,21,24-27,32-33,38-39,44-45,47,49-65,67-68,70-74H2,1-6H3,(H-,79,81,83,84)/b13-10-,14-11-,22-19-,23-20-,30-28-,31-29-,36-34-,37-35-,42-40-,43-41-,48-46-,69-66+. The average molecular weight is 1240 g/mol. The van der Waals surface area contributed by atoms with E-state index >= 15 is 0 Å². The van der Waals surface area contributed by atoms with Gasteiger partial charge in [-0.25, -0.2) is 0 Å². The van der Waals surface area contributed by atoms with Gasteiger partial charge in [0.2, 0.25) is 5.91 Å². The first-order chi connectivity index (χ1) is 42.9. The molecule has 0 saturated carbocycles. The SMILES string of the molecule is CC/C=C\C/C=C\C/C=C\C/C=C\C/C=C\C/C=C\CCCCCCCCC(=O)NC(COP(=O)([O-])OCC[N+](C)(C)C)C(/C=C/CCCCCCCCCCCC)OC(=O)CCCCCCCCCCC/C=C\C/C=C\C/C=C\C/C=C\C/C=C\CC. The Balaban J connectivity index is 5.14. The molecule has 0 aliphatic rings. The summed E-state index contributed by atoms with van der Waals surface area (Å²) < 4.78 is 30.4. The number of unbranched alkanes of at least 4 members (excludes halogenated alkanes) is 25. The molecule has 0 spiro atoms. The number of allylic oxidation sites excluding steroid dienone is 23. The first-order valence-electron chi connectivity index (χ1n) is 35.6. The van der Waals surface area contributed by atoms with E-state index in [2.05, 4.69) is 160 Å². The number of likely N-dealkylation sites (N-methyl/N-ethyl adjacent to an activating group) is 1. The van der Waals surface area contributed by atoms with Gasteiger partial charge in [0.1, 0.15) is 19.3 Å². The molecule has 502 valence electrons. The summed E-state index contributed by atoms with van der Waals surface area (Å²) in [5.41, 5.74) is 0. The normalized spacial score (nSPS) is 14.4. The maximum atomic E-state index is 13.6. The third kappa shape index (κ3) is 66.3. The number of ether oxygens (including phenoxy) is 1. The first-order valence-corrected chi connectivity index (χ1v) is 37.1. The molecule has 0 saturated heterocycles. The maximum Gasteiger partial charge on any atom is 0.306 e. The van der Waals surface area contributed by atoms with Crippen molar-refractivity contribution in [1.29, 1.82) is 0 Å². The van der Waals surface area contributed by atoms with E-state index in [0.717, 1.165) is 154 Å². The van der Waals surface area contributed by atoms with Crippen molar-refractivity contribution in [3.63, 3.8) is 0 Å². The number of amides is 1. The second-order valence-corrected chi connectivity index (χ2v) is 26.0. The number of phosphoric acid groups is 1. The largest absolute Gasteiger partial charge is 0.756 e. The van der Waals surface area contributed by atoms with Gasteiger partial charge in [0.25, 0.3) is 7.82 Å². The molecule has 0 rings (SSSR count). The van der Waals surface area contributed by atoms with E-state index in [1.807, 2.05) is 33.3 Å². The summed E-state index contributed by atoms with van der Waals surface area (Å²) in [6.07, 6.45) is 95.3. The predicted molar refractivity (Wildman–Crippen MR) is 380 cm³/mol. The molecule has 0 aliphatic carbocycles. The maximum absolute atomic E-state index is 13.6. The van der Waals surface area contributed by atoms with Crippen LogP contribution in [0.4, 0.5) is 0 Å². The van der Waals surface area contributed by atoms with Crippen LogP contribution in [-0.4, -0.2) is 69.4 Å². The molecular weight excluding hydrogens is 1110 g/mol. The molecule has 9 nitrogen and oxygen atoms in total. The molecule has 10 heteroatoms. The number of quaternary nitrogens is 1. The summed E-state index contributed by atoms with van der Waals surface area (Å²) >= 11 is 0. The van der Waals surface area contributed by atoms with Crippen LogP contribution in [0, 0.1) is 0 Å². The number of hydrogen-bond acceptors (Lipinski definition) is 7. The molecule has 1 amide bonds. The van der Waals surface area contributed by atoms with Crippen LogP contribution in [0.15, 0.2) is 146 Å². The lowest BCUT2D eigenvalue weighted by molar-refractivity contribution is -0.870. The van der Waals surface area contributed by atoms with Crippen LogP contribution in [0.5, 0.6) is 0 Å². The van der Waals surface area contributed by atoms with E-state index in [4.69, 9.17) is 13.8 Å². The molecular formula is C78H133N2O7P. The fourth-order valence-corrected chi connectivity index (χ4v) is 10.3. The van der Waals surface area contributed by atoms with Gasteiger partial charge in [0.05, 0.1) is 33.8 Å². The smallest absolute Gasteiger partial charge is 0.306 e. The second-order valence-electron chi connectivity index (χ2n) is 24.6.